The molecule has 2 aromatic heterocycles. The average Bonchev–Trinajstić information content (AvgIpc) is 3.25. The van der Waals surface area contributed by atoms with Crippen LogP contribution in [-0.4, -0.2) is 9.97 Å². The molecule has 0 aliphatic carbocycles. The van der Waals surface area contributed by atoms with Gasteiger partial charge in [0.2, 0.25) is 0 Å². The summed E-state index contributed by atoms with van der Waals surface area (Å²) < 4.78 is 14.3. The molecule has 0 saturated carbocycles. The summed E-state index contributed by atoms with van der Waals surface area (Å²) in [6, 6.07) is 34.2. The number of furan rings is 1. The first-order chi connectivity index (χ1) is 15.8. The van der Waals surface area contributed by atoms with Gasteiger partial charge in [-0.1, -0.05) is 91.0 Å². The number of hydrogen-bond acceptors (Lipinski definition) is 3. The van der Waals surface area contributed by atoms with Crippen LogP contribution in [0.5, 0.6) is 0 Å². The van der Waals surface area contributed by atoms with Crippen molar-refractivity contribution in [1.29, 1.82) is 0 Å². The minimum atomic E-state index is 0.369. The predicted molar refractivity (Wildman–Crippen MR) is 126 cm³/mol. The van der Waals surface area contributed by atoms with Crippen molar-refractivity contribution in [1.82, 2.24) is 9.97 Å². The van der Waals surface area contributed by atoms with Gasteiger partial charge < -0.3 is 4.42 Å². The van der Waals surface area contributed by atoms with Crippen molar-refractivity contribution in [2.45, 2.75) is 0 Å². The van der Waals surface area contributed by atoms with Crippen LogP contribution in [0.1, 0.15) is 1.37 Å². The number of aromatic nitrogens is 2. The highest BCUT2D eigenvalue weighted by Crippen LogP contribution is 2.36. The summed E-state index contributed by atoms with van der Waals surface area (Å²) >= 11 is 0. The standard InChI is InChI=1S/C28H18N2O/c1-3-10-19(11-4-1)23-18-24(20-12-5-2-6-13-20)30-28(29-23)22-15-9-17-26-27(22)21-14-7-8-16-25(21)31-26/h1-18H/i16D. The quantitative estimate of drug-likeness (QED) is 0.312. The average molecular weight is 399 g/mol. The molecule has 0 atom stereocenters. The van der Waals surface area contributed by atoms with Crippen LogP contribution < -0.4 is 0 Å². The fraction of sp³-hybridized carbons (Fsp3) is 0. The Kier molecular flexibility index (Phi) is 3.86. The molecule has 2 heterocycles. The van der Waals surface area contributed by atoms with Crippen molar-refractivity contribution in [3.05, 3.63) is 109 Å². The molecule has 0 saturated heterocycles. The first kappa shape index (κ1) is 16.5. The maximum Gasteiger partial charge on any atom is 0.161 e. The summed E-state index contributed by atoms with van der Waals surface area (Å²) in [5.74, 6) is 0.633. The Morgan fingerprint density at radius 3 is 1.94 bits per heavy atom. The predicted octanol–water partition coefficient (Wildman–Crippen LogP) is 7.38. The number of benzene rings is 4. The van der Waals surface area contributed by atoms with Crippen LogP contribution in [0.3, 0.4) is 0 Å². The summed E-state index contributed by atoms with van der Waals surface area (Å²) in [6.07, 6.45) is 0. The van der Waals surface area contributed by atoms with Crippen molar-refractivity contribution < 1.29 is 5.79 Å². The summed E-state index contributed by atoms with van der Waals surface area (Å²) in [5.41, 5.74) is 5.99. The van der Waals surface area contributed by atoms with Crippen molar-refractivity contribution in [3.8, 4) is 33.9 Å². The lowest BCUT2D eigenvalue weighted by molar-refractivity contribution is 0.669. The van der Waals surface area contributed by atoms with Gasteiger partial charge in [-0.15, -0.1) is 0 Å². The Balaban J connectivity index is 1.66. The van der Waals surface area contributed by atoms with E-state index in [1.807, 2.05) is 72.8 Å². The monoisotopic (exact) mass is 399 g/mol. The number of nitrogens with zero attached hydrogens (tertiary/aromatic N) is 2. The van der Waals surface area contributed by atoms with Gasteiger partial charge in [-0.25, -0.2) is 9.97 Å². The van der Waals surface area contributed by atoms with E-state index in [0.717, 1.165) is 44.4 Å². The molecule has 0 N–H and O–H groups in total. The minimum Gasteiger partial charge on any atom is -0.456 e. The van der Waals surface area contributed by atoms with Crippen LogP contribution in [0.15, 0.2) is 114 Å². The number of fused-ring (bicyclic) bond motifs is 3. The van der Waals surface area contributed by atoms with E-state index in [-0.39, 0.29) is 0 Å². The van der Waals surface area contributed by atoms with Crippen molar-refractivity contribution in [3.63, 3.8) is 0 Å². The van der Waals surface area contributed by atoms with Crippen LogP contribution in [0.4, 0.5) is 0 Å². The van der Waals surface area contributed by atoms with E-state index in [1.165, 1.54) is 0 Å². The van der Waals surface area contributed by atoms with Gasteiger partial charge in [-0.05, 0) is 18.2 Å². The Morgan fingerprint density at radius 1 is 0.613 bits per heavy atom. The molecule has 3 heteroatoms. The smallest absolute Gasteiger partial charge is 0.161 e. The lowest BCUT2D eigenvalue weighted by atomic mass is 10.0. The molecule has 31 heavy (non-hydrogen) atoms. The van der Waals surface area contributed by atoms with Crippen LogP contribution in [0, 0.1) is 0 Å². The molecular formula is C28H18N2O. The fourth-order valence-corrected chi connectivity index (χ4v) is 3.97. The van der Waals surface area contributed by atoms with Crippen LogP contribution in [0.2, 0.25) is 0 Å². The molecular weight excluding hydrogens is 380 g/mol. The number of rotatable bonds is 3. The van der Waals surface area contributed by atoms with E-state index in [9.17, 15) is 0 Å². The Hall–Kier alpha value is -4.24. The van der Waals surface area contributed by atoms with Gasteiger partial charge in [-0.2, -0.15) is 0 Å². The summed E-state index contributed by atoms with van der Waals surface area (Å²) in [5, 5.41) is 1.83. The second-order valence-electron chi connectivity index (χ2n) is 7.39. The molecule has 0 bridgehead atoms. The molecule has 146 valence electrons. The second kappa shape index (κ2) is 7.22. The van der Waals surface area contributed by atoms with Gasteiger partial charge >= 0.3 is 0 Å². The van der Waals surface area contributed by atoms with E-state index in [0.29, 0.717) is 17.4 Å². The fourth-order valence-electron chi connectivity index (χ4n) is 3.97. The Labute approximate surface area is 181 Å². The third-order valence-electron chi connectivity index (χ3n) is 5.43. The highest BCUT2D eigenvalue weighted by atomic mass is 16.3. The highest BCUT2D eigenvalue weighted by molar-refractivity contribution is 6.11. The van der Waals surface area contributed by atoms with Gasteiger partial charge in [0.1, 0.15) is 11.2 Å². The zero-order valence-electron chi connectivity index (χ0n) is 17.6. The Morgan fingerprint density at radius 2 is 1.26 bits per heavy atom. The van der Waals surface area contributed by atoms with Gasteiger partial charge in [0.05, 0.1) is 12.8 Å². The topological polar surface area (TPSA) is 38.9 Å². The maximum atomic E-state index is 8.24. The van der Waals surface area contributed by atoms with E-state index >= 15 is 0 Å². The third-order valence-corrected chi connectivity index (χ3v) is 5.43. The van der Waals surface area contributed by atoms with Crippen LogP contribution in [0.25, 0.3) is 55.8 Å². The number of hydrogen-bond donors (Lipinski definition) is 0. The van der Waals surface area contributed by atoms with E-state index in [4.69, 9.17) is 15.8 Å². The SMILES string of the molecule is [2H]c1cccc2c1oc1cccc(-c3nc(-c4ccccc4)cc(-c4ccccc4)n3)c12. The minimum absolute atomic E-state index is 0.369. The number of para-hydroxylation sites is 1. The molecule has 0 fully saturated rings. The van der Waals surface area contributed by atoms with E-state index in [1.54, 1.807) is 6.07 Å². The summed E-state index contributed by atoms with van der Waals surface area (Å²) in [4.78, 5) is 9.92. The van der Waals surface area contributed by atoms with Crippen LogP contribution >= 0.6 is 0 Å². The molecule has 0 aliphatic heterocycles. The van der Waals surface area contributed by atoms with Crippen molar-refractivity contribution >= 4 is 21.9 Å². The van der Waals surface area contributed by atoms with Gasteiger partial charge in [0, 0.05) is 27.5 Å². The third kappa shape index (κ3) is 3.08. The molecule has 0 spiro atoms. The molecule has 0 aliphatic rings. The largest absolute Gasteiger partial charge is 0.456 e. The maximum absolute atomic E-state index is 8.24. The first-order valence-electron chi connectivity index (χ1n) is 10.7. The van der Waals surface area contributed by atoms with E-state index in [2.05, 4.69) is 24.3 Å². The molecule has 6 aromatic rings. The summed E-state index contributed by atoms with van der Waals surface area (Å²) in [6.45, 7) is 0. The van der Waals surface area contributed by atoms with E-state index < -0.39 is 0 Å². The van der Waals surface area contributed by atoms with Gasteiger partial charge in [0.25, 0.3) is 0 Å². The lowest BCUT2D eigenvalue weighted by Gasteiger charge is -2.10. The first-order valence-corrected chi connectivity index (χ1v) is 10.2. The lowest BCUT2D eigenvalue weighted by Crippen LogP contribution is -1.96. The van der Waals surface area contributed by atoms with Crippen molar-refractivity contribution in [2.75, 3.05) is 0 Å². The highest BCUT2D eigenvalue weighted by Gasteiger charge is 2.16. The molecule has 0 unspecified atom stereocenters. The zero-order valence-corrected chi connectivity index (χ0v) is 16.6. The zero-order chi connectivity index (χ0) is 21.5. The molecule has 0 amide bonds. The Bertz CT molecular complexity index is 1520. The van der Waals surface area contributed by atoms with Gasteiger partial charge in [-0.3, -0.25) is 0 Å². The normalized spacial score (nSPS) is 11.7. The van der Waals surface area contributed by atoms with Crippen LogP contribution in [-0.2, 0) is 0 Å². The molecule has 4 aromatic carbocycles. The van der Waals surface area contributed by atoms with Gasteiger partial charge in [0.15, 0.2) is 5.82 Å². The molecule has 0 radical (unpaired) electrons. The second-order valence-corrected chi connectivity index (χ2v) is 7.39. The molecule has 6 rings (SSSR count). The summed E-state index contributed by atoms with van der Waals surface area (Å²) in [7, 11) is 0. The van der Waals surface area contributed by atoms with Crippen molar-refractivity contribution in [2.24, 2.45) is 0 Å². The molecule has 3 nitrogen and oxygen atoms in total.